The maximum atomic E-state index is 14.0. The van der Waals surface area contributed by atoms with Crippen LogP contribution in [-0.2, 0) is 32.5 Å². The molecular weight excluding hydrogens is 483 g/mol. The van der Waals surface area contributed by atoms with Crippen molar-refractivity contribution in [3.63, 3.8) is 0 Å². The fourth-order valence-electron chi connectivity index (χ4n) is 6.68. The van der Waals surface area contributed by atoms with E-state index in [1.165, 1.54) is 0 Å². The van der Waals surface area contributed by atoms with Crippen LogP contribution in [0.3, 0.4) is 0 Å². The van der Waals surface area contributed by atoms with Gasteiger partial charge in [0.1, 0.15) is 5.54 Å². The number of hydrogen-bond acceptors (Lipinski definition) is 4. The van der Waals surface area contributed by atoms with Gasteiger partial charge < -0.3 is 5.32 Å². The summed E-state index contributed by atoms with van der Waals surface area (Å²) in [5, 5.41) is 2.83. The minimum atomic E-state index is -4.68. The maximum Gasteiger partial charge on any atom is 0.416 e. The number of anilines is 2. The fraction of sp³-hybridized carbons (Fsp3) is 0.400. The number of benzene rings is 2. The number of halogens is 4. The number of amides is 3. The Bertz CT molecular complexity index is 1310. The van der Waals surface area contributed by atoms with Gasteiger partial charge in [0.05, 0.1) is 28.1 Å². The van der Waals surface area contributed by atoms with Crippen LogP contribution in [0.1, 0.15) is 36.5 Å². The summed E-state index contributed by atoms with van der Waals surface area (Å²) in [6, 6.07) is 7.76. The predicted molar refractivity (Wildman–Crippen MR) is 122 cm³/mol. The molecule has 0 saturated carbocycles. The van der Waals surface area contributed by atoms with E-state index in [4.69, 9.17) is 11.6 Å². The number of carbonyl (C=O) groups is 3. The highest BCUT2D eigenvalue weighted by atomic mass is 35.5. The summed E-state index contributed by atoms with van der Waals surface area (Å²) in [6.07, 6.45) is -2.65. The molecule has 10 heteroatoms. The van der Waals surface area contributed by atoms with Crippen molar-refractivity contribution >= 4 is 40.7 Å². The molecule has 6 nitrogen and oxygen atoms in total. The second kappa shape index (κ2) is 7.30. The van der Waals surface area contributed by atoms with Crippen LogP contribution < -0.4 is 10.2 Å². The van der Waals surface area contributed by atoms with Gasteiger partial charge in [0.2, 0.25) is 17.7 Å². The van der Waals surface area contributed by atoms with Gasteiger partial charge in [0.15, 0.2) is 0 Å². The van der Waals surface area contributed by atoms with Crippen molar-refractivity contribution in [2.45, 2.75) is 43.9 Å². The lowest BCUT2D eigenvalue weighted by molar-refractivity contribution is -0.137. The molecule has 182 valence electrons. The highest BCUT2D eigenvalue weighted by molar-refractivity contribution is 6.36. The number of alkyl halides is 3. The Morgan fingerprint density at radius 1 is 1.14 bits per heavy atom. The monoisotopic (exact) mass is 503 g/mol. The molecule has 3 amide bonds. The largest absolute Gasteiger partial charge is 0.416 e. The Morgan fingerprint density at radius 3 is 2.63 bits per heavy atom. The maximum absolute atomic E-state index is 14.0. The molecule has 0 aliphatic carbocycles. The molecule has 35 heavy (non-hydrogen) atoms. The van der Waals surface area contributed by atoms with Crippen molar-refractivity contribution in [2.24, 2.45) is 11.8 Å². The Morgan fingerprint density at radius 2 is 1.91 bits per heavy atom. The number of nitrogens with zero attached hydrogens (tertiary/aromatic N) is 2. The second-order valence-electron chi connectivity index (χ2n) is 9.50. The van der Waals surface area contributed by atoms with Crippen molar-refractivity contribution in [2.75, 3.05) is 16.8 Å². The molecule has 4 atom stereocenters. The van der Waals surface area contributed by atoms with Gasteiger partial charge in [-0.3, -0.25) is 19.3 Å². The van der Waals surface area contributed by atoms with Crippen LogP contribution in [-0.4, -0.2) is 35.2 Å². The molecule has 4 aliphatic rings. The average Bonchev–Trinajstić information content (AvgIpc) is 3.52. The predicted octanol–water partition coefficient (Wildman–Crippen LogP) is 4.35. The fourth-order valence-corrected chi connectivity index (χ4v) is 6.89. The van der Waals surface area contributed by atoms with Gasteiger partial charge in [-0.1, -0.05) is 36.7 Å². The van der Waals surface area contributed by atoms with E-state index in [1.807, 2.05) is 30.0 Å². The highest BCUT2D eigenvalue weighted by Crippen LogP contribution is 2.61. The first-order valence-corrected chi connectivity index (χ1v) is 11.9. The summed E-state index contributed by atoms with van der Waals surface area (Å²) < 4.78 is 40.3. The second-order valence-corrected chi connectivity index (χ2v) is 9.90. The lowest BCUT2D eigenvalue weighted by atomic mass is 9.75. The molecule has 1 N–H and O–H groups in total. The topological polar surface area (TPSA) is 69.7 Å². The number of rotatable bonds is 2. The average molecular weight is 504 g/mol. The number of imide groups is 1. The van der Waals surface area contributed by atoms with Gasteiger partial charge in [-0.25, -0.2) is 4.90 Å². The van der Waals surface area contributed by atoms with Crippen LogP contribution in [0.25, 0.3) is 0 Å². The van der Waals surface area contributed by atoms with Crippen LogP contribution >= 0.6 is 11.6 Å². The summed E-state index contributed by atoms with van der Waals surface area (Å²) in [7, 11) is 0. The van der Waals surface area contributed by atoms with Crippen LogP contribution in [0, 0.1) is 11.8 Å². The Kier molecular flexibility index (Phi) is 4.70. The molecule has 3 fully saturated rings. The lowest BCUT2D eigenvalue weighted by Gasteiger charge is -2.36. The molecule has 0 aromatic heterocycles. The molecule has 6 rings (SSSR count). The number of hydrogen-bond donors (Lipinski definition) is 1. The normalized spacial score (nSPS) is 29.7. The number of para-hydroxylation sites is 1. The summed E-state index contributed by atoms with van der Waals surface area (Å²) >= 11 is 6.22. The van der Waals surface area contributed by atoms with Gasteiger partial charge in [0, 0.05) is 17.3 Å². The van der Waals surface area contributed by atoms with E-state index < -0.39 is 40.9 Å². The van der Waals surface area contributed by atoms with Gasteiger partial charge >= 0.3 is 6.18 Å². The number of carbonyl (C=O) groups excluding carboxylic acids is 3. The van der Waals surface area contributed by atoms with E-state index in [0.29, 0.717) is 30.6 Å². The van der Waals surface area contributed by atoms with E-state index in [2.05, 4.69) is 5.32 Å². The van der Waals surface area contributed by atoms with Crippen LogP contribution in [0.5, 0.6) is 0 Å². The van der Waals surface area contributed by atoms with Gasteiger partial charge in [-0.15, -0.1) is 0 Å². The third-order valence-corrected chi connectivity index (χ3v) is 8.33. The first kappa shape index (κ1) is 22.5. The Hall–Kier alpha value is -2.91. The highest BCUT2D eigenvalue weighted by Gasteiger charge is 2.74. The molecular formula is C25H21ClF3N3O3. The third kappa shape index (κ3) is 2.73. The molecule has 4 aliphatic heterocycles. The molecule has 0 unspecified atom stereocenters. The van der Waals surface area contributed by atoms with Gasteiger partial charge in [-0.2, -0.15) is 13.2 Å². The molecule has 0 radical (unpaired) electrons. The zero-order chi connectivity index (χ0) is 24.9. The molecule has 1 spiro atoms. The van der Waals surface area contributed by atoms with E-state index in [-0.39, 0.29) is 22.7 Å². The van der Waals surface area contributed by atoms with E-state index >= 15 is 0 Å². The smallest absolute Gasteiger partial charge is 0.324 e. The molecule has 2 aromatic carbocycles. The van der Waals surface area contributed by atoms with Crippen molar-refractivity contribution in [3.05, 3.63) is 58.1 Å². The number of nitrogens with one attached hydrogen (secondary N) is 1. The number of fused-ring (bicyclic) bond motifs is 7. The van der Waals surface area contributed by atoms with Crippen molar-refractivity contribution in [3.8, 4) is 0 Å². The minimum Gasteiger partial charge on any atom is -0.324 e. The van der Waals surface area contributed by atoms with Crippen LogP contribution in [0.2, 0.25) is 5.02 Å². The first-order valence-electron chi connectivity index (χ1n) is 11.6. The van der Waals surface area contributed by atoms with E-state index in [1.54, 1.807) is 0 Å². The standard InChI is InChI=1S/C25H21ClF3N3O3/c1-2-12-5-3-6-14-20(12)30-23(35)24(14)19-18(16-7-4-10-31(16)24)21(33)32(22(19)34)17-11-13(25(27,28)29)8-9-15(17)26/h3,5-6,8-9,11,16,18-19H,2,4,7,10H2,1H3,(H,30,35)/t16-,18+,19+,24+/m1/s1. The van der Waals surface area contributed by atoms with Crippen molar-refractivity contribution in [1.29, 1.82) is 0 Å². The quantitative estimate of drug-likeness (QED) is 0.619. The molecule has 4 heterocycles. The van der Waals surface area contributed by atoms with Crippen molar-refractivity contribution < 1.29 is 27.6 Å². The molecule has 2 aromatic rings. The van der Waals surface area contributed by atoms with E-state index in [0.717, 1.165) is 35.1 Å². The van der Waals surface area contributed by atoms with E-state index in [9.17, 15) is 27.6 Å². The molecule has 3 saturated heterocycles. The van der Waals surface area contributed by atoms with Gasteiger partial charge in [0.25, 0.3) is 0 Å². The summed E-state index contributed by atoms with van der Waals surface area (Å²) in [6.45, 7) is 2.51. The minimum absolute atomic E-state index is 0.137. The Balaban J connectivity index is 1.54. The Labute approximate surface area is 204 Å². The SMILES string of the molecule is CCc1cccc2c1NC(=O)[C@@]21[C@@H]2C(=O)N(c3cc(C(F)(F)F)ccc3Cl)C(=O)[C@H]2[C@H]2CCCN21. The third-order valence-electron chi connectivity index (χ3n) is 8.01. The first-order chi connectivity index (χ1) is 16.6. The summed E-state index contributed by atoms with van der Waals surface area (Å²) in [4.78, 5) is 44.2. The summed E-state index contributed by atoms with van der Waals surface area (Å²) in [5.74, 6) is -3.58. The zero-order valence-corrected chi connectivity index (χ0v) is 19.4. The van der Waals surface area contributed by atoms with Crippen LogP contribution in [0.4, 0.5) is 24.5 Å². The number of aryl methyl sites for hydroxylation is 1. The van der Waals surface area contributed by atoms with Gasteiger partial charge in [-0.05, 0) is 49.6 Å². The lowest BCUT2D eigenvalue weighted by Crippen LogP contribution is -2.54. The molecule has 0 bridgehead atoms. The zero-order valence-electron chi connectivity index (χ0n) is 18.7. The van der Waals surface area contributed by atoms with Crippen molar-refractivity contribution in [1.82, 2.24) is 4.90 Å². The summed E-state index contributed by atoms with van der Waals surface area (Å²) in [5.41, 5.74) is -0.472. The van der Waals surface area contributed by atoms with Crippen LogP contribution in [0.15, 0.2) is 36.4 Å².